The molecule has 0 atom stereocenters. The molecular formula is C14H15ClN2. The predicted molar refractivity (Wildman–Crippen MR) is 71.2 cm³/mol. The Balaban J connectivity index is 2.48. The van der Waals surface area contributed by atoms with Gasteiger partial charge < -0.3 is 0 Å². The number of nitrogens with zero attached hydrogens (tertiary/aromatic N) is 2. The third-order valence-electron chi connectivity index (χ3n) is 2.88. The van der Waals surface area contributed by atoms with Gasteiger partial charge in [0, 0.05) is 11.1 Å². The Morgan fingerprint density at radius 3 is 2.29 bits per heavy atom. The number of aryl methyl sites for hydroxylation is 1. The first-order valence-corrected chi connectivity index (χ1v) is 6.22. The minimum atomic E-state index is 0.553. The molecule has 0 spiro atoms. The molecule has 0 saturated carbocycles. The Kier molecular flexibility index (Phi) is 3.75. The van der Waals surface area contributed by atoms with Gasteiger partial charge in [-0.3, -0.25) is 0 Å². The molecule has 1 aromatic carbocycles. The summed E-state index contributed by atoms with van der Waals surface area (Å²) in [5, 5.41) is 0.553. The van der Waals surface area contributed by atoms with Gasteiger partial charge >= 0.3 is 0 Å². The minimum absolute atomic E-state index is 0.553. The summed E-state index contributed by atoms with van der Waals surface area (Å²) in [5.74, 6) is 0. The molecule has 0 bridgehead atoms. The highest BCUT2D eigenvalue weighted by molar-refractivity contribution is 6.30. The fourth-order valence-corrected chi connectivity index (χ4v) is 2.12. The van der Waals surface area contributed by atoms with Gasteiger partial charge in [-0.05, 0) is 18.4 Å². The first-order chi connectivity index (χ1) is 8.26. The number of hydrogen-bond acceptors (Lipinski definition) is 2. The molecule has 0 amide bonds. The Morgan fingerprint density at radius 2 is 1.71 bits per heavy atom. The zero-order valence-electron chi connectivity index (χ0n) is 10.1. The SMILES string of the molecule is CCc1ccc(-c2ncnc(Cl)c2CC)cc1. The third kappa shape index (κ3) is 2.47. The van der Waals surface area contributed by atoms with Gasteiger partial charge in [-0.2, -0.15) is 0 Å². The molecular weight excluding hydrogens is 232 g/mol. The van der Waals surface area contributed by atoms with Crippen molar-refractivity contribution in [1.29, 1.82) is 0 Å². The van der Waals surface area contributed by atoms with Crippen molar-refractivity contribution in [3.63, 3.8) is 0 Å². The summed E-state index contributed by atoms with van der Waals surface area (Å²) in [4.78, 5) is 8.36. The highest BCUT2D eigenvalue weighted by atomic mass is 35.5. The van der Waals surface area contributed by atoms with E-state index in [0.717, 1.165) is 29.7 Å². The van der Waals surface area contributed by atoms with E-state index in [1.165, 1.54) is 11.9 Å². The highest BCUT2D eigenvalue weighted by Crippen LogP contribution is 2.26. The van der Waals surface area contributed by atoms with Gasteiger partial charge in [-0.25, -0.2) is 9.97 Å². The molecule has 0 saturated heterocycles. The van der Waals surface area contributed by atoms with Gasteiger partial charge in [-0.15, -0.1) is 0 Å². The van der Waals surface area contributed by atoms with E-state index >= 15 is 0 Å². The van der Waals surface area contributed by atoms with E-state index in [4.69, 9.17) is 11.6 Å². The van der Waals surface area contributed by atoms with Gasteiger partial charge in [-0.1, -0.05) is 49.7 Å². The quantitative estimate of drug-likeness (QED) is 0.767. The van der Waals surface area contributed by atoms with Crippen LogP contribution in [0.3, 0.4) is 0 Å². The smallest absolute Gasteiger partial charge is 0.136 e. The molecule has 0 unspecified atom stereocenters. The van der Waals surface area contributed by atoms with Gasteiger partial charge in [0.25, 0.3) is 0 Å². The molecule has 17 heavy (non-hydrogen) atoms. The van der Waals surface area contributed by atoms with Crippen molar-refractivity contribution in [3.8, 4) is 11.3 Å². The Morgan fingerprint density at radius 1 is 1.00 bits per heavy atom. The second-order valence-electron chi connectivity index (χ2n) is 3.90. The number of benzene rings is 1. The molecule has 1 heterocycles. The van der Waals surface area contributed by atoms with Crippen LogP contribution in [0.4, 0.5) is 0 Å². The van der Waals surface area contributed by atoms with Gasteiger partial charge in [0.05, 0.1) is 5.69 Å². The van der Waals surface area contributed by atoms with Crippen LogP contribution in [0.5, 0.6) is 0 Å². The molecule has 1 aromatic heterocycles. The van der Waals surface area contributed by atoms with Crippen LogP contribution >= 0.6 is 11.6 Å². The molecule has 0 N–H and O–H groups in total. The van der Waals surface area contributed by atoms with E-state index in [1.807, 2.05) is 0 Å². The van der Waals surface area contributed by atoms with Crippen molar-refractivity contribution in [2.45, 2.75) is 26.7 Å². The second kappa shape index (κ2) is 5.28. The second-order valence-corrected chi connectivity index (χ2v) is 4.25. The lowest BCUT2D eigenvalue weighted by Gasteiger charge is -2.08. The van der Waals surface area contributed by atoms with Crippen LogP contribution in [0.15, 0.2) is 30.6 Å². The van der Waals surface area contributed by atoms with Crippen LogP contribution in [0.2, 0.25) is 5.15 Å². The standard InChI is InChI=1S/C14H15ClN2/c1-3-10-5-7-11(8-6-10)13-12(4-2)14(15)17-9-16-13/h5-9H,3-4H2,1-2H3. The molecule has 0 aliphatic heterocycles. The first kappa shape index (κ1) is 12.1. The molecule has 0 aliphatic rings. The molecule has 2 aromatic rings. The van der Waals surface area contributed by atoms with Crippen molar-refractivity contribution in [2.75, 3.05) is 0 Å². The van der Waals surface area contributed by atoms with Gasteiger partial charge in [0.2, 0.25) is 0 Å². The van der Waals surface area contributed by atoms with Crippen molar-refractivity contribution in [3.05, 3.63) is 46.9 Å². The maximum atomic E-state index is 6.09. The summed E-state index contributed by atoms with van der Waals surface area (Å²) in [7, 11) is 0. The average Bonchev–Trinajstić information content (AvgIpc) is 2.38. The van der Waals surface area contributed by atoms with E-state index in [-0.39, 0.29) is 0 Å². The van der Waals surface area contributed by atoms with Crippen molar-refractivity contribution in [1.82, 2.24) is 9.97 Å². The number of halogens is 1. The van der Waals surface area contributed by atoms with Crippen LogP contribution in [0, 0.1) is 0 Å². The van der Waals surface area contributed by atoms with Crippen molar-refractivity contribution < 1.29 is 0 Å². The molecule has 0 fully saturated rings. The maximum Gasteiger partial charge on any atom is 0.136 e. The Hall–Kier alpha value is -1.41. The molecule has 88 valence electrons. The lowest BCUT2D eigenvalue weighted by atomic mass is 10.0. The number of rotatable bonds is 3. The Labute approximate surface area is 107 Å². The fourth-order valence-electron chi connectivity index (χ4n) is 1.85. The normalized spacial score (nSPS) is 10.5. The lowest BCUT2D eigenvalue weighted by molar-refractivity contribution is 1.05. The van der Waals surface area contributed by atoms with Crippen LogP contribution in [-0.2, 0) is 12.8 Å². The minimum Gasteiger partial charge on any atom is -0.236 e. The molecule has 2 rings (SSSR count). The van der Waals surface area contributed by atoms with Crippen LogP contribution in [0.1, 0.15) is 25.0 Å². The zero-order valence-corrected chi connectivity index (χ0v) is 10.8. The number of aromatic nitrogens is 2. The largest absolute Gasteiger partial charge is 0.236 e. The molecule has 0 aliphatic carbocycles. The molecule has 0 radical (unpaired) electrons. The monoisotopic (exact) mass is 246 g/mol. The maximum absolute atomic E-state index is 6.09. The summed E-state index contributed by atoms with van der Waals surface area (Å²) in [6.45, 7) is 4.21. The summed E-state index contributed by atoms with van der Waals surface area (Å²) in [6.07, 6.45) is 3.40. The summed E-state index contributed by atoms with van der Waals surface area (Å²) < 4.78 is 0. The predicted octanol–water partition coefficient (Wildman–Crippen LogP) is 3.92. The lowest BCUT2D eigenvalue weighted by Crippen LogP contribution is -1.95. The number of hydrogen-bond donors (Lipinski definition) is 0. The zero-order chi connectivity index (χ0) is 12.3. The van der Waals surface area contributed by atoms with Crippen LogP contribution in [0.25, 0.3) is 11.3 Å². The van der Waals surface area contributed by atoms with E-state index in [9.17, 15) is 0 Å². The Bertz CT molecular complexity index is 506. The van der Waals surface area contributed by atoms with Crippen LogP contribution < -0.4 is 0 Å². The van der Waals surface area contributed by atoms with Gasteiger partial charge in [0.1, 0.15) is 11.5 Å². The summed E-state index contributed by atoms with van der Waals surface area (Å²) in [5.41, 5.74) is 4.38. The van der Waals surface area contributed by atoms with Gasteiger partial charge in [0.15, 0.2) is 0 Å². The van der Waals surface area contributed by atoms with E-state index in [0.29, 0.717) is 5.15 Å². The topological polar surface area (TPSA) is 25.8 Å². The average molecular weight is 247 g/mol. The third-order valence-corrected chi connectivity index (χ3v) is 3.21. The fraction of sp³-hybridized carbons (Fsp3) is 0.286. The summed E-state index contributed by atoms with van der Waals surface area (Å²) >= 11 is 6.09. The highest BCUT2D eigenvalue weighted by Gasteiger charge is 2.09. The van der Waals surface area contributed by atoms with Crippen molar-refractivity contribution >= 4 is 11.6 Å². The van der Waals surface area contributed by atoms with E-state index in [1.54, 1.807) is 0 Å². The van der Waals surface area contributed by atoms with E-state index in [2.05, 4.69) is 48.1 Å². The van der Waals surface area contributed by atoms with E-state index < -0.39 is 0 Å². The summed E-state index contributed by atoms with van der Waals surface area (Å²) in [6, 6.07) is 8.45. The van der Waals surface area contributed by atoms with Crippen LogP contribution in [-0.4, -0.2) is 9.97 Å². The first-order valence-electron chi connectivity index (χ1n) is 5.85. The van der Waals surface area contributed by atoms with Crippen molar-refractivity contribution in [2.24, 2.45) is 0 Å². The molecule has 3 heteroatoms. The molecule has 2 nitrogen and oxygen atoms in total.